The van der Waals surface area contributed by atoms with Crippen LogP contribution in [-0.2, 0) is 0 Å². The second-order valence-electron chi connectivity index (χ2n) is 3.60. The van der Waals surface area contributed by atoms with Gasteiger partial charge in [-0.15, -0.1) is 22.9 Å². The van der Waals surface area contributed by atoms with E-state index in [1.165, 1.54) is 23.5 Å². The summed E-state index contributed by atoms with van der Waals surface area (Å²) in [5.74, 6) is -1.24. The maximum Gasteiger partial charge on any atom is 0.134 e. The fourth-order valence-electron chi connectivity index (χ4n) is 1.52. The molecule has 0 aliphatic carbocycles. The Kier molecular flexibility index (Phi) is 3.71. The summed E-state index contributed by atoms with van der Waals surface area (Å²) in [5.41, 5.74) is 0.250. The smallest absolute Gasteiger partial charge is 0.134 e. The van der Waals surface area contributed by atoms with Crippen molar-refractivity contribution in [2.45, 2.75) is 12.3 Å². The summed E-state index contributed by atoms with van der Waals surface area (Å²) < 4.78 is 28.0. The summed E-state index contributed by atoms with van der Waals surface area (Å²) in [4.78, 5) is 0.625. The van der Waals surface area contributed by atoms with Gasteiger partial charge in [0.2, 0.25) is 0 Å². The van der Waals surface area contributed by atoms with Gasteiger partial charge in [-0.05, 0) is 30.7 Å². The van der Waals surface area contributed by atoms with Gasteiger partial charge in [-0.3, -0.25) is 0 Å². The van der Waals surface area contributed by atoms with E-state index in [0.717, 1.165) is 0 Å². The van der Waals surface area contributed by atoms with Gasteiger partial charge >= 0.3 is 0 Å². The summed E-state index contributed by atoms with van der Waals surface area (Å²) in [7, 11) is 0. The van der Waals surface area contributed by atoms with Gasteiger partial charge in [-0.1, -0.05) is 17.7 Å². The predicted molar refractivity (Wildman–Crippen MR) is 68.1 cm³/mol. The molecule has 1 unspecified atom stereocenters. The molecule has 2 aromatic rings. The lowest BCUT2D eigenvalue weighted by Gasteiger charge is -2.11. The Morgan fingerprint density at radius 2 is 1.88 bits per heavy atom. The SMILES string of the molecule is Cc1ccc(F)c(C(Cl)c2ccc(Cl)s2)c1F. The Balaban J connectivity index is 2.50. The minimum atomic E-state index is -0.854. The number of halogens is 4. The van der Waals surface area contributed by atoms with E-state index in [1.54, 1.807) is 19.1 Å². The van der Waals surface area contributed by atoms with Crippen molar-refractivity contribution in [2.24, 2.45) is 0 Å². The minimum absolute atomic E-state index is 0.120. The maximum atomic E-state index is 13.9. The van der Waals surface area contributed by atoms with E-state index in [-0.39, 0.29) is 5.56 Å². The van der Waals surface area contributed by atoms with Crippen LogP contribution >= 0.6 is 34.5 Å². The van der Waals surface area contributed by atoms with E-state index in [1.807, 2.05) is 0 Å². The molecule has 0 spiro atoms. The Morgan fingerprint density at radius 3 is 2.47 bits per heavy atom. The van der Waals surface area contributed by atoms with Crippen molar-refractivity contribution < 1.29 is 8.78 Å². The normalized spacial score (nSPS) is 12.8. The Hall–Kier alpha value is -0.640. The molecular formula is C12H8Cl2F2S. The van der Waals surface area contributed by atoms with Crippen LogP contribution in [0.2, 0.25) is 4.34 Å². The van der Waals surface area contributed by atoms with Gasteiger partial charge in [0, 0.05) is 10.4 Å². The summed E-state index contributed by atoms with van der Waals surface area (Å²) in [6.07, 6.45) is 0. The Morgan fingerprint density at radius 1 is 1.18 bits per heavy atom. The average Bonchev–Trinajstić information content (AvgIpc) is 2.71. The van der Waals surface area contributed by atoms with Gasteiger partial charge in [0.15, 0.2) is 0 Å². The molecule has 0 N–H and O–H groups in total. The molecule has 17 heavy (non-hydrogen) atoms. The van der Waals surface area contributed by atoms with Gasteiger partial charge in [-0.2, -0.15) is 0 Å². The van der Waals surface area contributed by atoms with Gasteiger partial charge in [0.1, 0.15) is 11.6 Å². The largest absolute Gasteiger partial charge is 0.207 e. The molecule has 0 aliphatic heterocycles. The second-order valence-corrected chi connectivity index (χ2v) is 5.78. The van der Waals surface area contributed by atoms with Crippen molar-refractivity contribution in [3.63, 3.8) is 0 Å². The molecule has 0 bridgehead atoms. The Labute approximate surface area is 112 Å². The van der Waals surface area contributed by atoms with Crippen molar-refractivity contribution in [3.8, 4) is 0 Å². The zero-order valence-corrected chi connectivity index (χ0v) is 11.1. The number of benzene rings is 1. The van der Waals surface area contributed by atoms with Crippen LogP contribution in [0.3, 0.4) is 0 Å². The highest BCUT2D eigenvalue weighted by Gasteiger charge is 2.22. The molecule has 5 heteroatoms. The van der Waals surface area contributed by atoms with Crippen LogP contribution < -0.4 is 0 Å². The van der Waals surface area contributed by atoms with Gasteiger partial charge < -0.3 is 0 Å². The van der Waals surface area contributed by atoms with Crippen molar-refractivity contribution in [1.29, 1.82) is 0 Å². The van der Waals surface area contributed by atoms with Crippen LogP contribution in [0, 0.1) is 18.6 Å². The molecular weight excluding hydrogens is 285 g/mol. The lowest BCUT2D eigenvalue weighted by Crippen LogP contribution is -2.01. The van der Waals surface area contributed by atoms with Crippen molar-refractivity contribution in [2.75, 3.05) is 0 Å². The molecule has 0 fully saturated rings. The second kappa shape index (κ2) is 4.92. The topological polar surface area (TPSA) is 0 Å². The molecule has 1 aromatic carbocycles. The molecule has 1 heterocycles. The van der Waals surface area contributed by atoms with Gasteiger partial charge in [0.25, 0.3) is 0 Å². The first-order valence-corrected chi connectivity index (χ1v) is 6.47. The third kappa shape index (κ3) is 2.46. The lowest BCUT2D eigenvalue weighted by atomic mass is 10.1. The van der Waals surface area contributed by atoms with Crippen molar-refractivity contribution >= 4 is 34.5 Å². The number of alkyl halides is 1. The molecule has 0 aliphatic rings. The highest BCUT2D eigenvalue weighted by atomic mass is 35.5. The molecule has 90 valence electrons. The monoisotopic (exact) mass is 292 g/mol. The van der Waals surface area contributed by atoms with E-state index in [2.05, 4.69) is 0 Å². The summed E-state index contributed by atoms with van der Waals surface area (Å²) in [6, 6.07) is 5.94. The van der Waals surface area contributed by atoms with Gasteiger partial charge in [-0.25, -0.2) is 8.78 Å². The molecule has 0 saturated heterocycles. The van der Waals surface area contributed by atoms with E-state index in [0.29, 0.717) is 14.8 Å². The van der Waals surface area contributed by atoms with E-state index >= 15 is 0 Å². The fraction of sp³-hybridized carbons (Fsp3) is 0.167. The molecule has 0 amide bonds. The van der Waals surface area contributed by atoms with E-state index < -0.39 is 17.0 Å². The lowest BCUT2D eigenvalue weighted by molar-refractivity contribution is 0.554. The van der Waals surface area contributed by atoms with Crippen LogP contribution in [-0.4, -0.2) is 0 Å². The molecule has 0 nitrogen and oxygen atoms in total. The molecule has 0 radical (unpaired) electrons. The Bertz CT molecular complexity index is 551. The van der Waals surface area contributed by atoms with E-state index in [4.69, 9.17) is 23.2 Å². The number of rotatable bonds is 2. The first-order valence-electron chi connectivity index (χ1n) is 4.84. The van der Waals surface area contributed by atoms with Crippen molar-refractivity contribution in [1.82, 2.24) is 0 Å². The predicted octanol–water partition coefficient (Wildman–Crippen LogP) is 5.32. The molecule has 1 atom stereocenters. The summed E-state index contributed by atoms with van der Waals surface area (Å²) in [5, 5.41) is -0.854. The third-order valence-corrected chi connectivity index (χ3v) is 4.30. The van der Waals surface area contributed by atoms with Crippen LogP contribution in [0.5, 0.6) is 0 Å². The van der Waals surface area contributed by atoms with E-state index in [9.17, 15) is 8.78 Å². The zero-order chi connectivity index (χ0) is 12.6. The van der Waals surface area contributed by atoms with Crippen LogP contribution in [0.25, 0.3) is 0 Å². The first-order chi connectivity index (χ1) is 8.00. The van der Waals surface area contributed by atoms with Crippen LogP contribution in [0.1, 0.15) is 21.4 Å². The van der Waals surface area contributed by atoms with Gasteiger partial charge in [0.05, 0.1) is 9.71 Å². The van der Waals surface area contributed by atoms with Crippen LogP contribution in [0.15, 0.2) is 24.3 Å². The first kappa shape index (κ1) is 12.8. The number of aryl methyl sites for hydroxylation is 1. The highest BCUT2D eigenvalue weighted by Crippen LogP contribution is 2.38. The summed E-state index contributed by atoms with van der Waals surface area (Å²) >= 11 is 13.1. The number of thiophene rings is 1. The van der Waals surface area contributed by atoms with Crippen molar-refractivity contribution in [3.05, 3.63) is 56.2 Å². The molecule has 1 aromatic heterocycles. The van der Waals surface area contributed by atoms with Crippen LogP contribution in [0.4, 0.5) is 8.78 Å². The quantitative estimate of drug-likeness (QED) is 0.658. The summed E-state index contributed by atoms with van der Waals surface area (Å²) in [6.45, 7) is 1.57. The zero-order valence-electron chi connectivity index (χ0n) is 8.81. The number of hydrogen-bond acceptors (Lipinski definition) is 1. The highest BCUT2D eigenvalue weighted by molar-refractivity contribution is 7.16. The molecule has 0 saturated carbocycles. The molecule has 2 rings (SSSR count). The minimum Gasteiger partial charge on any atom is -0.207 e. The standard InChI is InChI=1S/C12H8Cl2F2S/c1-6-2-3-7(15)10(12(6)16)11(14)8-4-5-9(13)17-8/h2-5,11H,1H3. The number of hydrogen-bond donors (Lipinski definition) is 0. The fourth-order valence-corrected chi connectivity index (χ4v) is 2.97. The maximum absolute atomic E-state index is 13.9. The third-order valence-electron chi connectivity index (χ3n) is 2.42. The average molecular weight is 293 g/mol.